The van der Waals surface area contributed by atoms with E-state index >= 15 is 0 Å². The van der Waals surface area contributed by atoms with Gasteiger partial charge in [-0.05, 0) is 37.6 Å². The van der Waals surface area contributed by atoms with Crippen molar-refractivity contribution < 1.29 is 9.47 Å². The predicted molar refractivity (Wildman–Crippen MR) is 109 cm³/mol. The average Bonchev–Trinajstić information content (AvgIpc) is 2.89. The van der Waals surface area contributed by atoms with Gasteiger partial charge in [-0.2, -0.15) is 0 Å². The second-order valence-corrected chi connectivity index (χ2v) is 9.32. The van der Waals surface area contributed by atoms with E-state index in [1.165, 1.54) is 16.7 Å². The van der Waals surface area contributed by atoms with E-state index in [9.17, 15) is 0 Å². The Hall–Kier alpha value is -1.81. The van der Waals surface area contributed by atoms with E-state index in [2.05, 4.69) is 67.9 Å². The number of hydrogen-bond donors (Lipinski definition) is 0. The van der Waals surface area contributed by atoms with Crippen molar-refractivity contribution in [3.63, 3.8) is 0 Å². The highest BCUT2D eigenvalue weighted by Crippen LogP contribution is 2.49. The maximum Gasteiger partial charge on any atom is 0.166 e. The zero-order valence-corrected chi connectivity index (χ0v) is 17.5. The highest BCUT2D eigenvalue weighted by Gasteiger charge is 2.41. The van der Waals surface area contributed by atoms with Gasteiger partial charge in [0, 0.05) is 39.5 Å². The van der Waals surface area contributed by atoms with Crippen LogP contribution in [0.25, 0.3) is 0 Å². The molecule has 0 spiro atoms. The van der Waals surface area contributed by atoms with Crippen LogP contribution in [0.15, 0.2) is 39.8 Å². The Morgan fingerprint density at radius 1 is 1.15 bits per heavy atom. The van der Waals surface area contributed by atoms with Crippen LogP contribution in [0.4, 0.5) is 0 Å². The molecule has 0 saturated carbocycles. The van der Waals surface area contributed by atoms with Crippen LogP contribution in [-0.2, 0) is 11.8 Å². The highest BCUT2D eigenvalue weighted by atomic mass is 79.9. The molecule has 0 amide bonds. The Morgan fingerprint density at radius 2 is 1.92 bits per heavy atom. The van der Waals surface area contributed by atoms with Gasteiger partial charge in [-0.1, -0.05) is 41.9 Å². The second kappa shape index (κ2) is 5.85. The molecule has 2 aromatic carbocycles. The van der Waals surface area contributed by atoms with Gasteiger partial charge in [-0.3, -0.25) is 4.99 Å². The maximum atomic E-state index is 6.27. The zero-order chi connectivity index (χ0) is 18.7. The van der Waals surface area contributed by atoms with E-state index in [4.69, 9.17) is 14.5 Å². The minimum absolute atomic E-state index is 0.0418. The van der Waals surface area contributed by atoms with Crippen molar-refractivity contribution in [2.75, 3.05) is 13.7 Å². The minimum atomic E-state index is -0.241. The van der Waals surface area contributed by atoms with E-state index in [1.54, 1.807) is 7.11 Å². The van der Waals surface area contributed by atoms with E-state index < -0.39 is 0 Å². The number of nitrogens with zero attached hydrogens (tertiary/aromatic N) is 1. The molecule has 0 bridgehead atoms. The number of halogens is 1. The van der Waals surface area contributed by atoms with E-state index in [0.29, 0.717) is 0 Å². The topological polar surface area (TPSA) is 30.8 Å². The molecule has 0 N–H and O–H groups in total. The summed E-state index contributed by atoms with van der Waals surface area (Å²) in [5, 5.41) is 0. The summed E-state index contributed by atoms with van der Waals surface area (Å²) in [6, 6.07) is 10.5. The van der Waals surface area contributed by atoms with E-state index in [0.717, 1.165) is 40.2 Å². The lowest BCUT2D eigenvalue weighted by molar-refractivity contribution is 0.134. The first-order chi connectivity index (χ1) is 12.2. The molecule has 0 atom stereocenters. The van der Waals surface area contributed by atoms with Gasteiger partial charge in [0.1, 0.15) is 5.60 Å². The van der Waals surface area contributed by atoms with Crippen molar-refractivity contribution in [2.24, 2.45) is 4.99 Å². The lowest BCUT2D eigenvalue weighted by atomic mass is 9.75. The molecule has 4 heteroatoms. The Kier molecular flexibility index (Phi) is 3.96. The number of rotatable bonds is 2. The molecule has 26 heavy (non-hydrogen) atoms. The van der Waals surface area contributed by atoms with E-state index in [1.807, 2.05) is 6.07 Å². The fourth-order valence-electron chi connectivity index (χ4n) is 3.98. The first kappa shape index (κ1) is 17.6. The standard InChI is InChI=1S/C22H24BrNO2/c1-21(2)12-24-19(13-7-6-8-14(23)9-13)18-15-11-22(3,4)26-20(15)17(25-5)10-16(18)21/h6-10H,11-12H2,1-5H3. The molecule has 0 unspecified atom stereocenters. The number of benzene rings is 2. The SMILES string of the molecule is COc1cc2c(c3c1OC(C)(C)C3)C(c1cccc(Br)c1)=NCC2(C)C. The summed E-state index contributed by atoms with van der Waals surface area (Å²) in [7, 11) is 1.72. The fraction of sp³-hybridized carbons (Fsp3) is 0.409. The first-order valence-electron chi connectivity index (χ1n) is 8.96. The summed E-state index contributed by atoms with van der Waals surface area (Å²) in [5.41, 5.74) is 5.64. The van der Waals surface area contributed by atoms with Gasteiger partial charge in [0.05, 0.1) is 12.8 Å². The molecule has 3 nitrogen and oxygen atoms in total. The number of ether oxygens (including phenoxy) is 2. The fourth-order valence-corrected chi connectivity index (χ4v) is 4.38. The van der Waals surface area contributed by atoms with Gasteiger partial charge in [0.2, 0.25) is 0 Å². The number of hydrogen-bond acceptors (Lipinski definition) is 3. The van der Waals surface area contributed by atoms with Crippen LogP contribution in [-0.4, -0.2) is 25.0 Å². The third kappa shape index (κ3) is 2.75. The van der Waals surface area contributed by atoms with Gasteiger partial charge in [0.15, 0.2) is 11.5 Å². The molecule has 0 aromatic heterocycles. The average molecular weight is 414 g/mol. The number of fused-ring (bicyclic) bond motifs is 3. The van der Waals surface area contributed by atoms with Crippen LogP contribution >= 0.6 is 15.9 Å². The van der Waals surface area contributed by atoms with Crippen molar-refractivity contribution in [2.45, 2.75) is 45.1 Å². The summed E-state index contributed by atoms with van der Waals surface area (Å²) in [6.07, 6.45) is 0.852. The smallest absolute Gasteiger partial charge is 0.166 e. The van der Waals surface area contributed by atoms with Crippen LogP contribution in [0.1, 0.15) is 49.9 Å². The van der Waals surface area contributed by atoms with Crippen LogP contribution in [0.5, 0.6) is 11.5 Å². The molecule has 0 radical (unpaired) electrons. The highest BCUT2D eigenvalue weighted by molar-refractivity contribution is 9.10. The van der Waals surface area contributed by atoms with Crippen LogP contribution in [0.2, 0.25) is 0 Å². The van der Waals surface area contributed by atoms with Crippen molar-refractivity contribution in [1.82, 2.24) is 0 Å². The largest absolute Gasteiger partial charge is 0.493 e. The van der Waals surface area contributed by atoms with Gasteiger partial charge in [-0.25, -0.2) is 0 Å². The molecule has 2 aliphatic rings. The van der Waals surface area contributed by atoms with Crippen molar-refractivity contribution in [3.8, 4) is 11.5 Å². The molecule has 0 saturated heterocycles. The van der Waals surface area contributed by atoms with Crippen molar-refractivity contribution in [1.29, 1.82) is 0 Å². The number of aliphatic imine (C=N–C) groups is 1. The molecule has 0 fully saturated rings. The molecular weight excluding hydrogens is 390 g/mol. The zero-order valence-electron chi connectivity index (χ0n) is 15.9. The number of methoxy groups -OCH3 is 1. The molecule has 136 valence electrons. The molecule has 2 heterocycles. The molecular formula is C22H24BrNO2. The van der Waals surface area contributed by atoms with E-state index in [-0.39, 0.29) is 11.0 Å². The maximum absolute atomic E-state index is 6.27. The van der Waals surface area contributed by atoms with Crippen LogP contribution in [0, 0.1) is 0 Å². The summed E-state index contributed by atoms with van der Waals surface area (Å²) in [6.45, 7) is 9.51. The van der Waals surface area contributed by atoms with Gasteiger partial charge < -0.3 is 9.47 Å². The van der Waals surface area contributed by atoms with Gasteiger partial charge in [-0.15, -0.1) is 0 Å². The molecule has 4 rings (SSSR count). The summed E-state index contributed by atoms with van der Waals surface area (Å²) >= 11 is 3.59. The lowest BCUT2D eigenvalue weighted by Gasteiger charge is -2.33. The Morgan fingerprint density at radius 3 is 2.62 bits per heavy atom. The minimum Gasteiger partial charge on any atom is -0.493 e. The predicted octanol–water partition coefficient (Wildman–Crippen LogP) is 5.30. The summed E-state index contributed by atoms with van der Waals surface area (Å²) in [5.74, 6) is 1.70. The summed E-state index contributed by atoms with van der Waals surface area (Å²) in [4.78, 5) is 5.02. The molecule has 2 aromatic rings. The quantitative estimate of drug-likeness (QED) is 0.668. The summed E-state index contributed by atoms with van der Waals surface area (Å²) < 4.78 is 13.0. The molecule has 0 aliphatic carbocycles. The molecule has 2 aliphatic heterocycles. The second-order valence-electron chi connectivity index (χ2n) is 8.41. The van der Waals surface area contributed by atoms with Crippen LogP contribution in [0.3, 0.4) is 0 Å². The van der Waals surface area contributed by atoms with Crippen LogP contribution < -0.4 is 9.47 Å². The Bertz CT molecular complexity index is 928. The Labute approximate surface area is 163 Å². The first-order valence-corrected chi connectivity index (χ1v) is 9.75. The van der Waals surface area contributed by atoms with Crippen molar-refractivity contribution in [3.05, 3.63) is 57.1 Å². The normalized spacial score (nSPS) is 19.2. The lowest BCUT2D eigenvalue weighted by Crippen LogP contribution is -2.31. The van der Waals surface area contributed by atoms with Crippen molar-refractivity contribution >= 4 is 21.6 Å². The Balaban J connectivity index is 2.01. The van der Waals surface area contributed by atoms with Gasteiger partial charge >= 0.3 is 0 Å². The third-order valence-electron chi connectivity index (χ3n) is 5.24. The van der Waals surface area contributed by atoms with Gasteiger partial charge in [0.25, 0.3) is 0 Å². The third-order valence-corrected chi connectivity index (χ3v) is 5.73. The monoisotopic (exact) mass is 413 g/mol.